The fourth-order valence-electron chi connectivity index (χ4n) is 2.97. The summed E-state index contributed by atoms with van der Waals surface area (Å²) in [6.45, 7) is 2.03. The lowest BCUT2D eigenvalue weighted by molar-refractivity contribution is -0.119. The van der Waals surface area contributed by atoms with Crippen LogP contribution in [0, 0.1) is 5.92 Å². The number of ketones is 1. The molecule has 1 fully saturated rings. The van der Waals surface area contributed by atoms with Crippen molar-refractivity contribution in [1.29, 1.82) is 0 Å². The van der Waals surface area contributed by atoms with Crippen LogP contribution >= 0.6 is 0 Å². The maximum atomic E-state index is 12.2. The number of hydrogen-bond acceptors (Lipinski definition) is 2. The maximum absolute atomic E-state index is 12.2. The molecule has 1 saturated carbocycles. The van der Waals surface area contributed by atoms with Crippen molar-refractivity contribution in [1.82, 2.24) is 0 Å². The van der Waals surface area contributed by atoms with Crippen LogP contribution in [0.2, 0.25) is 0 Å². The third kappa shape index (κ3) is 2.85. The zero-order valence-electron chi connectivity index (χ0n) is 12.6. The second-order valence-corrected chi connectivity index (χ2v) is 5.80. The van der Waals surface area contributed by atoms with Crippen molar-refractivity contribution in [2.45, 2.75) is 26.2 Å². The Balaban J connectivity index is 1.96. The van der Waals surface area contributed by atoms with Gasteiger partial charge in [0.2, 0.25) is 0 Å². The normalized spacial score (nSPS) is 21.0. The van der Waals surface area contributed by atoms with Crippen LogP contribution in [-0.4, -0.2) is 12.9 Å². The molecule has 0 N–H and O–H groups in total. The Hall–Kier alpha value is -2.09. The molecule has 0 spiro atoms. The first kappa shape index (κ1) is 13.9. The van der Waals surface area contributed by atoms with Crippen LogP contribution in [-0.2, 0) is 4.79 Å². The van der Waals surface area contributed by atoms with Gasteiger partial charge in [0.05, 0.1) is 7.11 Å². The third-order valence-electron chi connectivity index (χ3n) is 4.26. The fourth-order valence-corrected chi connectivity index (χ4v) is 2.97. The van der Waals surface area contributed by atoms with E-state index in [9.17, 15) is 4.79 Å². The van der Waals surface area contributed by atoms with Crippen LogP contribution < -0.4 is 4.74 Å². The minimum absolute atomic E-state index is 0.176. The number of carbonyl (C=O) groups is 1. The summed E-state index contributed by atoms with van der Waals surface area (Å²) >= 11 is 0. The van der Waals surface area contributed by atoms with Gasteiger partial charge < -0.3 is 4.74 Å². The van der Waals surface area contributed by atoms with Crippen LogP contribution in [0.3, 0.4) is 0 Å². The fraction of sp³-hybridized carbons (Fsp3) is 0.316. The van der Waals surface area contributed by atoms with Gasteiger partial charge in [0.1, 0.15) is 5.75 Å². The molecule has 0 saturated heterocycles. The minimum atomic E-state index is 0.176. The molecule has 2 heteroatoms. The molecule has 0 unspecified atom stereocenters. The SMILES string of the molecule is COc1ccc2cc(/C=C3\CCC[C@H](C)C3=O)ccc2c1. The smallest absolute Gasteiger partial charge is 0.161 e. The van der Waals surface area contributed by atoms with Crippen LogP contribution in [0.1, 0.15) is 31.7 Å². The van der Waals surface area contributed by atoms with Crippen molar-refractivity contribution in [2.75, 3.05) is 7.11 Å². The van der Waals surface area contributed by atoms with Crippen molar-refractivity contribution >= 4 is 22.6 Å². The van der Waals surface area contributed by atoms with Gasteiger partial charge in [-0.2, -0.15) is 0 Å². The van der Waals surface area contributed by atoms with E-state index < -0.39 is 0 Å². The minimum Gasteiger partial charge on any atom is -0.497 e. The van der Waals surface area contributed by atoms with Crippen LogP contribution in [0.4, 0.5) is 0 Å². The van der Waals surface area contributed by atoms with Gasteiger partial charge in [0, 0.05) is 5.92 Å². The van der Waals surface area contributed by atoms with Crippen LogP contribution in [0.15, 0.2) is 42.0 Å². The third-order valence-corrected chi connectivity index (χ3v) is 4.26. The molecular formula is C19H20O2. The number of methoxy groups -OCH3 is 1. The highest BCUT2D eigenvalue weighted by atomic mass is 16.5. The van der Waals surface area contributed by atoms with E-state index in [4.69, 9.17) is 4.74 Å². The Morgan fingerprint density at radius 1 is 1.14 bits per heavy atom. The molecule has 21 heavy (non-hydrogen) atoms. The summed E-state index contributed by atoms with van der Waals surface area (Å²) in [6, 6.07) is 12.3. The van der Waals surface area contributed by atoms with Crippen molar-refractivity contribution in [3.63, 3.8) is 0 Å². The second-order valence-electron chi connectivity index (χ2n) is 5.80. The summed E-state index contributed by atoms with van der Waals surface area (Å²) in [4.78, 5) is 12.2. The van der Waals surface area contributed by atoms with Crippen molar-refractivity contribution in [3.8, 4) is 5.75 Å². The summed E-state index contributed by atoms with van der Waals surface area (Å²) < 4.78 is 5.24. The molecule has 0 bridgehead atoms. The Morgan fingerprint density at radius 3 is 2.71 bits per heavy atom. The first-order valence-corrected chi connectivity index (χ1v) is 7.50. The van der Waals surface area contributed by atoms with Gasteiger partial charge in [-0.3, -0.25) is 4.79 Å². The van der Waals surface area contributed by atoms with E-state index in [0.29, 0.717) is 5.78 Å². The molecular weight excluding hydrogens is 260 g/mol. The van der Waals surface area contributed by atoms with Crippen molar-refractivity contribution in [2.24, 2.45) is 5.92 Å². The van der Waals surface area contributed by atoms with Crippen LogP contribution in [0.25, 0.3) is 16.8 Å². The molecule has 2 nitrogen and oxygen atoms in total. The average molecular weight is 280 g/mol. The van der Waals surface area contributed by atoms with Crippen molar-refractivity contribution in [3.05, 3.63) is 47.5 Å². The average Bonchev–Trinajstić information content (AvgIpc) is 2.51. The standard InChI is InChI=1S/C19H20O2/c1-13-4-3-5-17(19(13)20)11-14-6-7-16-12-18(21-2)9-8-15(16)10-14/h6-13H,3-5H2,1-2H3/b17-11+/t13-/m0/s1. The number of Topliss-reactive ketones (excluding diaryl/α,β-unsaturated/α-hetero) is 1. The predicted molar refractivity (Wildman–Crippen MR) is 86.5 cm³/mol. The van der Waals surface area contributed by atoms with E-state index >= 15 is 0 Å². The summed E-state index contributed by atoms with van der Waals surface area (Å²) in [7, 11) is 1.68. The van der Waals surface area contributed by atoms with Crippen molar-refractivity contribution < 1.29 is 9.53 Å². The number of allylic oxidation sites excluding steroid dienone is 1. The molecule has 0 aromatic heterocycles. The highest BCUT2D eigenvalue weighted by Crippen LogP contribution is 2.28. The molecule has 2 aromatic carbocycles. The number of ether oxygens (including phenoxy) is 1. The van der Waals surface area contributed by atoms with E-state index in [1.165, 1.54) is 5.39 Å². The highest BCUT2D eigenvalue weighted by Gasteiger charge is 2.22. The number of carbonyl (C=O) groups excluding carboxylic acids is 1. The Morgan fingerprint density at radius 2 is 1.90 bits per heavy atom. The number of hydrogen-bond donors (Lipinski definition) is 0. The van der Waals surface area contributed by atoms with E-state index in [1.807, 2.05) is 19.1 Å². The molecule has 3 rings (SSSR count). The zero-order chi connectivity index (χ0) is 14.8. The molecule has 0 radical (unpaired) electrons. The summed E-state index contributed by atoms with van der Waals surface area (Å²) in [5, 5.41) is 2.32. The van der Waals surface area contributed by atoms with E-state index in [0.717, 1.165) is 41.5 Å². The van der Waals surface area contributed by atoms with Gasteiger partial charge in [-0.05, 0) is 65.4 Å². The summed E-state index contributed by atoms with van der Waals surface area (Å²) in [5.41, 5.74) is 2.08. The monoisotopic (exact) mass is 280 g/mol. The largest absolute Gasteiger partial charge is 0.497 e. The lowest BCUT2D eigenvalue weighted by Crippen LogP contribution is -2.18. The molecule has 1 atom stereocenters. The van der Waals surface area contributed by atoms with E-state index in [2.05, 4.69) is 30.3 Å². The molecule has 1 aliphatic carbocycles. The number of fused-ring (bicyclic) bond motifs is 1. The maximum Gasteiger partial charge on any atom is 0.161 e. The molecule has 2 aromatic rings. The topological polar surface area (TPSA) is 26.3 Å². The van der Waals surface area contributed by atoms with Gasteiger partial charge in [0.25, 0.3) is 0 Å². The van der Waals surface area contributed by atoms with E-state index in [1.54, 1.807) is 7.11 Å². The quantitative estimate of drug-likeness (QED) is 0.750. The van der Waals surface area contributed by atoms with Gasteiger partial charge in [-0.15, -0.1) is 0 Å². The lowest BCUT2D eigenvalue weighted by atomic mass is 9.84. The molecule has 0 aliphatic heterocycles. The molecule has 0 amide bonds. The van der Waals surface area contributed by atoms with Gasteiger partial charge in [-0.25, -0.2) is 0 Å². The van der Waals surface area contributed by atoms with Gasteiger partial charge in [-0.1, -0.05) is 25.1 Å². The Labute approximate surface area is 125 Å². The van der Waals surface area contributed by atoms with Crippen LogP contribution in [0.5, 0.6) is 5.75 Å². The molecule has 108 valence electrons. The van der Waals surface area contributed by atoms with E-state index in [-0.39, 0.29) is 5.92 Å². The lowest BCUT2D eigenvalue weighted by Gasteiger charge is -2.19. The first-order valence-electron chi connectivity index (χ1n) is 7.50. The first-order chi connectivity index (χ1) is 10.2. The van der Waals surface area contributed by atoms with Gasteiger partial charge >= 0.3 is 0 Å². The predicted octanol–water partition coefficient (Wildman–Crippen LogP) is 4.62. The Kier molecular flexibility index (Phi) is 3.78. The number of rotatable bonds is 2. The molecule has 0 heterocycles. The van der Waals surface area contributed by atoms with Gasteiger partial charge in [0.15, 0.2) is 5.78 Å². The molecule has 1 aliphatic rings. The summed E-state index contributed by atoms with van der Waals surface area (Å²) in [6.07, 6.45) is 5.10. The zero-order valence-corrected chi connectivity index (χ0v) is 12.6. The highest BCUT2D eigenvalue weighted by molar-refractivity contribution is 6.02. The number of benzene rings is 2. The summed E-state index contributed by atoms with van der Waals surface area (Å²) in [5.74, 6) is 1.36. The Bertz CT molecular complexity index is 713. The second kappa shape index (κ2) is 5.72.